The molecule has 1 saturated heterocycles. The molecule has 0 aromatic heterocycles. The van der Waals surface area contributed by atoms with E-state index in [4.69, 9.17) is 5.11 Å². The van der Waals surface area contributed by atoms with Gasteiger partial charge < -0.3 is 15.7 Å². The molecule has 3 N–H and O–H groups in total. The Morgan fingerprint density at radius 2 is 2.18 bits per heavy atom. The van der Waals surface area contributed by atoms with Gasteiger partial charge in [-0.1, -0.05) is 0 Å². The lowest BCUT2D eigenvalue weighted by molar-refractivity contribution is -0.136. The minimum atomic E-state index is -0.775. The minimum absolute atomic E-state index is 0.0880. The Balaban J connectivity index is 2.09. The van der Waals surface area contributed by atoms with Gasteiger partial charge in [-0.3, -0.25) is 4.79 Å². The maximum atomic E-state index is 10.2. The van der Waals surface area contributed by atoms with Crippen LogP contribution in [-0.4, -0.2) is 36.8 Å². The van der Waals surface area contributed by atoms with Crippen LogP contribution in [0, 0.1) is 0 Å². The monoisotopic (exact) mass is 158 g/mol. The lowest BCUT2D eigenvalue weighted by Crippen LogP contribution is -2.41. The number of hydrogen-bond acceptors (Lipinski definition) is 3. The molecule has 0 radical (unpaired) electrons. The topological polar surface area (TPSA) is 61.4 Å². The van der Waals surface area contributed by atoms with Crippen LogP contribution >= 0.6 is 0 Å². The van der Waals surface area contributed by atoms with Crippen LogP contribution in [0.15, 0.2) is 0 Å². The molecule has 0 aromatic carbocycles. The average molecular weight is 158 g/mol. The fourth-order valence-electron chi connectivity index (χ4n) is 1.26. The molecule has 1 aliphatic heterocycles. The van der Waals surface area contributed by atoms with Gasteiger partial charge in [0.25, 0.3) is 0 Å². The summed E-state index contributed by atoms with van der Waals surface area (Å²) in [6.07, 6.45) is 2.07. The zero-order valence-electron chi connectivity index (χ0n) is 6.47. The average Bonchev–Trinajstić information content (AvgIpc) is 2.03. The van der Waals surface area contributed by atoms with Crippen LogP contribution in [0.5, 0.6) is 0 Å². The van der Waals surface area contributed by atoms with Crippen molar-refractivity contribution < 1.29 is 9.90 Å². The summed E-state index contributed by atoms with van der Waals surface area (Å²) in [6, 6.07) is 0.396. The fraction of sp³-hybridized carbons (Fsp3) is 0.857. The van der Waals surface area contributed by atoms with Crippen molar-refractivity contribution in [1.82, 2.24) is 10.6 Å². The molecule has 11 heavy (non-hydrogen) atoms. The van der Waals surface area contributed by atoms with Crippen LogP contribution in [0.3, 0.4) is 0 Å². The molecule has 64 valence electrons. The molecule has 1 rings (SSSR count). The van der Waals surface area contributed by atoms with Gasteiger partial charge in [0, 0.05) is 6.04 Å². The first-order valence-electron chi connectivity index (χ1n) is 3.95. The van der Waals surface area contributed by atoms with Crippen LogP contribution in [-0.2, 0) is 4.79 Å². The summed E-state index contributed by atoms with van der Waals surface area (Å²) in [5.41, 5.74) is 0. The van der Waals surface area contributed by atoms with Crippen LogP contribution in [0.1, 0.15) is 12.8 Å². The van der Waals surface area contributed by atoms with Crippen LogP contribution < -0.4 is 10.6 Å². The Hall–Kier alpha value is -0.610. The molecule has 0 unspecified atom stereocenters. The smallest absolute Gasteiger partial charge is 0.317 e. The standard InChI is InChI=1S/C7H14N2O2/c10-7(11)5-9-6-1-3-8-4-2-6/h6,8-9H,1-5H2,(H,10,11). The van der Waals surface area contributed by atoms with E-state index in [1.54, 1.807) is 0 Å². The molecule has 1 heterocycles. The van der Waals surface area contributed by atoms with E-state index in [-0.39, 0.29) is 6.54 Å². The maximum Gasteiger partial charge on any atom is 0.317 e. The molecule has 1 fully saturated rings. The molecule has 0 aromatic rings. The van der Waals surface area contributed by atoms with Crippen molar-refractivity contribution in [3.05, 3.63) is 0 Å². The van der Waals surface area contributed by atoms with Gasteiger partial charge in [0.15, 0.2) is 0 Å². The van der Waals surface area contributed by atoms with Crippen molar-refractivity contribution in [1.29, 1.82) is 0 Å². The van der Waals surface area contributed by atoms with E-state index < -0.39 is 5.97 Å². The molecule has 0 spiro atoms. The molecule has 0 saturated carbocycles. The number of carboxylic acids is 1. The Morgan fingerprint density at radius 3 is 2.73 bits per heavy atom. The summed E-state index contributed by atoms with van der Waals surface area (Å²) in [7, 11) is 0. The Kier molecular flexibility index (Phi) is 3.32. The first-order chi connectivity index (χ1) is 5.29. The van der Waals surface area contributed by atoms with Gasteiger partial charge in [0.2, 0.25) is 0 Å². The van der Waals surface area contributed by atoms with Crippen LogP contribution in [0.4, 0.5) is 0 Å². The van der Waals surface area contributed by atoms with E-state index >= 15 is 0 Å². The molecular weight excluding hydrogens is 144 g/mol. The predicted molar refractivity (Wildman–Crippen MR) is 41.5 cm³/mol. The number of aliphatic carboxylic acids is 1. The van der Waals surface area contributed by atoms with Gasteiger partial charge in [-0.2, -0.15) is 0 Å². The van der Waals surface area contributed by atoms with Gasteiger partial charge in [-0.15, -0.1) is 0 Å². The number of rotatable bonds is 3. The summed E-state index contributed by atoms with van der Waals surface area (Å²) in [5.74, 6) is -0.775. The van der Waals surface area contributed by atoms with Crippen molar-refractivity contribution >= 4 is 5.97 Å². The number of hydrogen-bond donors (Lipinski definition) is 3. The fourth-order valence-corrected chi connectivity index (χ4v) is 1.26. The summed E-state index contributed by atoms with van der Waals surface area (Å²) in [6.45, 7) is 2.08. The zero-order chi connectivity index (χ0) is 8.10. The second-order valence-electron chi connectivity index (χ2n) is 2.80. The van der Waals surface area contributed by atoms with E-state index in [0.717, 1.165) is 25.9 Å². The third-order valence-corrected chi connectivity index (χ3v) is 1.88. The third-order valence-electron chi connectivity index (χ3n) is 1.88. The molecule has 1 aliphatic rings. The first-order valence-corrected chi connectivity index (χ1v) is 3.95. The quantitative estimate of drug-likeness (QED) is 0.514. The zero-order valence-corrected chi connectivity index (χ0v) is 6.47. The van der Waals surface area contributed by atoms with Gasteiger partial charge in [-0.25, -0.2) is 0 Å². The molecule has 0 amide bonds. The summed E-state index contributed by atoms with van der Waals surface area (Å²) >= 11 is 0. The summed E-state index contributed by atoms with van der Waals surface area (Å²) < 4.78 is 0. The van der Waals surface area contributed by atoms with E-state index in [1.165, 1.54) is 0 Å². The molecular formula is C7H14N2O2. The molecule has 4 heteroatoms. The molecule has 0 atom stereocenters. The highest BCUT2D eigenvalue weighted by Gasteiger charge is 2.12. The van der Waals surface area contributed by atoms with Crippen molar-refractivity contribution in [2.75, 3.05) is 19.6 Å². The minimum Gasteiger partial charge on any atom is -0.480 e. The molecule has 4 nitrogen and oxygen atoms in total. The van der Waals surface area contributed by atoms with Gasteiger partial charge in [0.05, 0.1) is 6.54 Å². The van der Waals surface area contributed by atoms with Crippen molar-refractivity contribution in [2.24, 2.45) is 0 Å². The predicted octanol–water partition coefficient (Wildman–Crippen LogP) is -0.587. The highest BCUT2D eigenvalue weighted by atomic mass is 16.4. The maximum absolute atomic E-state index is 10.2. The van der Waals surface area contributed by atoms with Gasteiger partial charge in [-0.05, 0) is 25.9 Å². The van der Waals surface area contributed by atoms with Crippen molar-refractivity contribution in [3.8, 4) is 0 Å². The molecule has 0 bridgehead atoms. The second kappa shape index (κ2) is 4.31. The van der Waals surface area contributed by atoms with Gasteiger partial charge in [0.1, 0.15) is 0 Å². The van der Waals surface area contributed by atoms with Crippen molar-refractivity contribution in [2.45, 2.75) is 18.9 Å². The lowest BCUT2D eigenvalue weighted by atomic mass is 10.1. The summed E-state index contributed by atoms with van der Waals surface area (Å²) in [4.78, 5) is 10.2. The second-order valence-corrected chi connectivity index (χ2v) is 2.80. The molecule has 0 aliphatic carbocycles. The first kappa shape index (κ1) is 8.49. The largest absolute Gasteiger partial charge is 0.480 e. The third kappa shape index (κ3) is 3.34. The Labute approximate surface area is 66.0 Å². The van der Waals surface area contributed by atoms with Crippen LogP contribution in [0.2, 0.25) is 0 Å². The number of carboxylic acid groups (broad SMARTS) is 1. The SMILES string of the molecule is O=C(O)CNC1CCNCC1. The lowest BCUT2D eigenvalue weighted by Gasteiger charge is -2.22. The normalized spacial score (nSPS) is 20.0. The van der Waals surface area contributed by atoms with E-state index in [2.05, 4.69) is 10.6 Å². The Morgan fingerprint density at radius 1 is 1.55 bits per heavy atom. The highest BCUT2D eigenvalue weighted by molar-refractivity contribution is 5.69. The Bertz CT molecular complexity index is 132. The van der Waals surface area contributed by atoms with E-state index in [0.29, 0.717) is 6.04 Å². The van der Waals surface area contributed by atoms with E-state index in [1.807, 2.05) is 0 Å². The van der Waals surface area contributed by atoms with Crippen LogP contribution in [0.25, 0.3) is 0 Å². The van der Waals surface area contributed by atoms with Crippen molar-refractivity contribution in [3.63, 3.8) is 0 Å². The van der Waals surface area contributed by atoms with Gasteiger partial charge >= 0.3 is 5.97 Å². The van der Waals surface area contributed by atoms with E-state index in [9.17, 15) is 4.79 Å². The number of piperidine rings is 1. The number of carbonyl (C=O) groups is 1. The number of nitrogens with one attached hydrogen (secondary N) is 2. The summed E-state index contributed by atoms with van der Waals surface area (Å²) in [5, 5.41) is 14.6. The highest BCUT2D eigenvalue weighted by Crippen LogP contribution is 2.00.